The Morgan fingerprint density at radius 2 is 1.53 bits per heavy atom. The molecule has 64 heavy (non-hydrogen) atoms. The van der Waals surface area contributed by atoms with Crippen molar-refractivity contribution in [2.24, 2.45) is 0 Å². The molecule has 0 bridgehead atoms. The first kappa shape index (κ1) is 52.4. The van der Waals surface area contributed by atoms with Gasteiger partial charge in [-0.15, -0.1) is 13.2 Å². The van der Waals surface area contributed by atoms with E-state index in [-0.39, 0.29) is 26.6 Å². The topological polar surface area (TPSA) is 147 Å². The summed E-state index contributed by atoms with van der Waals surface area (Å²) < 4.78 is 10.6. The SMILES string of the molecule is C=C.C=C/C=C\C.CC.CCN1C(=O)/C(=C2\SC(=S)N(NC(=O)c3ccccc3)C2=O)c2ccccc21.CCOC(=O)CN1C(=O)S/C(=C\c2ccc(-c3ccc(Cl)cc3Cl)o2)C1=O. The molecule has 0 atom stereocenters. The predicted molar refractivity (Wildman–Crippen MR) is 263 cm³/mol. The number of amides is 5. The number of carbonyl (C=O) groups excluding carboxylic acids is 6. The number of carbonyl (C=O) groups is 6. The van der Waals surface area contributed by atoms with Gasteiger partial charge in [-0.25, -0.2) is 0 Å². The van der Waals surface area contributed by atoms with Gasteiger partial charge in [0.2, 0.25) is 0 Å². The van der Waals surface area contributed by atoms with Crippen molar-refractivity contribution in [2.45, 2.75) is 34.6 Å². The molecule has 0 aliphatic carbocycles. The van der Waals surface area contributed by atoms with Crippen LogP contribution in [0.4, 0.5) is 10.5 Å². The molecule has 0 saturated carbocycles. The molecule has 3 aromatic carbocycles. The fourth-order valence-electron chi connectivity index (χ4n) is 5.69. The number of fused-ring (bicyclic) bond motifs is 1. The monoisotopic (exact) mass is 960 g/mol. The summed E-state index contributed by atoms with van der Waals surface area (Å²) in [7, 11) is 0. The summed E-state index contributed by atoms with van der Waals surface area (Å²) in [5, 5.41) is 1.43. The number of esters is 1. The Bertz CT molecular complexity index is 2490. The highest BCUT2D eigenvalue weighted by molar-refractivity contribution is 8.26. The predicted octanol–water partition coefficient (Wildman–Crippen LogP) is 11.4. The standard InChI is InChI=1S/C20H15N3O3S2.C18H13Cl2NO5S.C5H8.C2H6.C2H4/c1-2-22-14-11-7-6-10-13(14)15(18(22)25)16-19(26)23(20(27)28-16)21-17(24)12-8-4-3-5-9-12;1-2-25-16(22)9-21-17(23)15(27-18(21)24)8-11-4-6-14(26-11)12-5-3-10(19)7-13(12)20;1-3-5-4-2;2*1-2/h3-11H,2H2,1H3,(H,21,24);3-8H,2,9H2,1H3;3-5H,1H2,2H3;1-2H3;1-2H2/b16-15-;15-8-;5-4-;;. The molecule has 2 saturated heterocycles. The number of rotatable bonds is 9. The number of allylic oxidation sites excluding steroid dienone is 3. The molecule has 4 aromatic rings. The van der Waals surface area contributed by atoms with Crippen molar-refractivity contribution in [3.63, 3.8) is 0 Å². The van der Waals surface area contributed by atoms with Gasteiger partial charge in [-0.3, -0.25) is 39.1 Å². The van der Waals surface area contributed by atoms with Crippen molar-refractivity contribution in [1.29, 1.82) is 0 Å². The average molecular weight is 962 g/mol. The van der Waals surface area contributed by atoms with Crippen LogP contribution in [0.15, 0.2) is 137 Å². The molecule has 7 rings (SSSR count). The molecule has 2 fully saturated rings. The molecule has 0 spiro atoms. The van der Waals surface area contributed by atoms with Crippen LogP contribution in [0, 0.1) is 0 Å². The Morgan fingerprint density at radius 1 is 0.859 bits per heavy atom. The summed E-state index contributed by atoms with van der Waals surface area (Å²) in [4.78, 5) is 77.1. The van der Waals surface area contributed by atoms with Gasteiger partial charge >= 0.3 is 5.97 Å². The van der Waals surface area contributed by atoms with Crippen molar-refractivity contribution in [2.75, 3.05) is 24.6 Å². The van der Waals surface area contributed by atoms with E-state index in [1.165, 1.54) is 6.08 Å². The van der Waals surface area contributed by atoms with E-state index in [4.69, 9.17) is 44.6 Å². The Labute approximate surface area is 396 Å². The van der Waals surface area contributed by atoms with Crippen molar-refractivity contribution < 1.29 is 37.9 Å². The minimum atomic E-state index is -0.640. The maximum Gasteiger partial charge on any atom is 0.326 e. The van der Waals surface area contributed by atoms with Crippen LogP contribution < -0.4 is 10.3 Å². The largest absolute Gasteiger partial charge is 0.465 e. The van der Waals surface area contributed by atoms with Gasteiger partial charge in [-0.1, -0.05) is 110 Å². The lowest BCUT2D eigenvalue weighted by Crippen LogP contribution is -2.45. The fourth-order valence-corrected chi connectivity index (χ4v) is 8.26. The van der Waals surface area contributed by atoms with E-state index in [0.717, 1.165) is 39.1 Å². The number of imide groups is 1. The van der Waals surface area contributed by atoms with Gasteiger partial charge in [0.05, 0.1) is 32.7 Å². The molecule has 12 nitrogen and oxygen atoms in total. The molecule has 0 radical (unpaired) electrons. The first-order chi connectivity index (χ1) is 30.8. The summed E-state index contributed by atoms with van der Waals surface area (Å²) in [6.07, 6.45) is 7.02. The Hall–Kier alpha value is -5.97. The summed E-state index contributed by atoms with van der Waals surface area (Å²) in [6.45, 7) is 19.2. The van der Waals surface area contributed by atoms with E-state index in [9.17, 15) is 28.8 Å². The fraction of sp³-hybridized carbons (Fsp3) is 0.170. The molecule has 4 heterocycles. The maximum atomic E-state index is 13.0. The first-order valence-electron chi connectivity index (χ1n) is 19.6. The van der Waals surface area contributed by atoms with Crippen LogP contribution >= 0.6 is 58.9 Å². The molecule has 5 amide bonds. The number of ether oxygens (including phenoxy) is 1. The minimum Gasteiger partial charge on any atom is -0.465 e. The number of thioether (sulfide) groups is 2. The van der Waals surface area contributed by atoms with Crippen LogP contribution in [-0.4, -0.2) is 68.8 Å². The van der Waals surface area contributed by atoms with Gasteiger partial charge in [0.15, 0.2) is 4.32 Å². The molecular weight excluding hydrogens is 916 g/mol. The molecular formula is C47H46Cl2N4O8S3. The maximum absolute atomic E-state index is 13.0. The summed E-state index contributed by atoms with van der Waals surface area (Å²) >= 11 is 19.1. The van der Waals surface area contributed by atoms with E-state index in [1.807, 2.05) is 64.1 Å². The lowest BCUT2D eigenvalue weighted by Gasteiger charge is -2.15. The van der Waals surface area contributed by atoms with Gasteiger partial charge in [0.25, 0.3) is 28.9 Å². The second kappa shape index (κ2) is 26.0. The second-order valence-corrected chi connectivity index (χ2v) is 15.7. The van der Waals surface area contributed by atoms with Crippen molar-refractivity contribution in [1.82, 2.24) is 15.3 Å². The van der Waals surface area contributed by atoms with Crippen LogP contribution in [0.3, 0.4) is 0 Å². The lowest BCUT2D eigenvalue weighted by molar-refractivity contribution is -0.146. The number of hydrogen-bond donors (Lipinski definition) is 1. The Balaban J connectivity index is 0.000000288. The molecule has 3 aliphatic heterocycles. The van der Waals surface area contributed by atoms with E-state index in [1.54, 1.807) is 78.6 Å². The van der Waals surface area contributed by atoms with E-state index >= 15 is 0 Å². The zero-order valence-electron chi connectivity index (χ0n) is 35.7. The number of anilines is 1. The number of benzene rings is 3. The minimum absolute atomic E-state index is 0.160. The van der Waals surface area contributed by atoms with Crippen molar-refractivity contribution >= 4 is 115 Å². The number of nitrogens with zero attached hydrogens (tertiary/aromatic N) is 3. The first-order valence-corrected chi connectivity index (χ1v) is 22.4. The number of likely N-dealkylation sites (N-methyl/N-ethyl adjacent to an activating group) is 1. The highest BCUT2D eigenvalue weighted by atomic mass is 35.5. The van der Waals surface area contributed by atoms with Crippen molar-refractivity contribution in [3.8, 4) is 11.3 Å². The zero-order chi connectivity index (χ0) is 47.5. The quantitative estimate of drug-likeness (QED) is 0.0562. The molecule has 1 N–H and O–H groups in total. The van der Waals surface area contributed by atoms with Crippen LogP contribution in [0.1, 0.15) is 56.3 Å². The van der Waals surface area contributed by atoms with Gasteiger partial charge in [-0.2, -0.15) is 5.01 Å². The van der Waals surface area contributed by atoms with E-state index < -0.39 is 35.5 Å². The molecule has 1 aromatic heterocycles. The van der Waals surface area contributed by atoms with Crippen LogP contribution in [-0.2, 0) is 23.9 Å². The number of para-hydroxylation sites is 1. The van der Waals surface area contributed by atoms with Gasteiger partial charge in [-0.05, 0) is 93.3 Å². The van der Waals surface area contributed by atoms with Gasteiger partial charge in [0, 0.05) is 34.3 Å². The number of nitrogens with one attached hydrogen (secondary N) is 1. The Morgan fingerprint density at radius 3 is 2.14 bits per heavy atom. The van der Waals surface area contributed by atoms with Gasteiger partial charge in [0.1, 0.15) is 18.1 Å². The number of hydrazine groups is 1. The van der Waals surface area contributed by atoms with Gasteiger partial charge < -0.3 is 14.1 Å². The second-order valence-electron chi connectivity index (χ2n) is 12.2. The van der Waals surface area contributed by atoms with E-state index in [0.29, 0.717) is 50.4 Å². The third-order valence-corrected chi connectivity index (χ3v) is 11.2. The third-order valence-electron chi connectivity index (χ3n) is 8.38. The smallest absolute Gasteiger partial charge is 0.326 e. The highest BCUT2D eigenvalue weighted by Gasteiger charge is 2.42. The van der Waals surface area contributed by atoms with Crippen LogP contribution in [0.25, 0.3) is 23.0 Å². The summed E-state index contributed by atoms with van der Waals surface area (Å²) in [5.74, 6) is -1.53. The number of hydrogen-bond acceptors (Lipinski definition) is 11. The average Bonchev–Trinajstić information content (AvgIpc) is 4.02. The molecule has 0 unspecified atom stereocenters. The van der Waals surface area contributed by atoms with Crippen LogP contribution in [0.5, 0.6) is 0 Å². The van der Waals surface area contributed by atoms with Crippen LogP contribution in [0.2, 0.25) is 10.0 Å². The Kier molecular flexibility index (Phi) is 21.3. The van der Waals surface area contributed by atoms with E-state index in [2.05, 4.69) is 25.2 Å². The normalized spacial score (nSPS) is 15.6. The number of thiocarbonyl (C=S) groups is 1. The lowest BCUT2D eigenvalue weighted by atomic mass is 10.1. The zero-order valence-corrected chi connectivity index (χ0v) is 39.7. The number of furan rings is 1. The highest BCUT2D eigenvalue weighted by Crippen LogP contribution is 2.44. The molecule has 334 valence electrons. The molecule has 17 heteroatoms. The number of halogens is 2. The third kappa shape index (κ3) is 13.0. The summed E-state index contributed by atoms with van der Waals surface area (Å²) in [6, 6.07) is 24.2. The molecule has 3 aliphatic rings. The van der Waals surface area contributed by atoms with Crippen molar-refractivity contribution in [3.05, 3.63) is 160 Å². The summed E-state index contributed by atoms with van der Waals surface area (Å²) in [5.41, 5.74) is 5.38.